The Morgan fingerprint density at radius 1 is 0.867 bits per heavy atom. The summed E-state index contributed by atoms with van der Waals surface area (Å²) < 4.78 is 18.2. The average molecular weight is 401 g/mol. The van der Waals surface area contributed by atoms with Crippen LogP contribution in [0.5, 0.6) is 23.3 Å². The van der Waals surface area contributed by atoms with E-state index < -0.39 is 0 Å². The summed E-state index contributed by atoms with van der Waals surface area (Å²) in [6, 6.07) is 23.7. The number of hydrogen-bond acceptors (Lipinski definition) is 7. The standard InChI is InChI=1S/C22H19N5O3/c1-2-4-18(5-3-1)27-22(24-25-26-27)30-19-9-6-16(7-10-19)13-23-14-17-8-11-20-21(12-17)29-15-28-20/h1-12,23H,13-15H2. The second-order valence-electron chi connectivity index (χ2n) is 6.75. The molecule has 8 heteroatoms. The quantitative estimate of drug-likeness (QED) is 0.508. The van der Waals surface area contributed by atoms with E-state index in [1.807, 2.05) is 72.8 Å². The molecule has 1 aliphatic heterocycles. The summed E-state index contributed by atoms with van der Waals surface area (Å²) in [5, 5.41) is 15.1. The number of tetrazole rings is 1. The maximum Gasteiger partial charge on any atom is 0.345 e. The SMILES string of the molecule is c1ccc(-n2nnnc2Oc2ccc(CNCc3ccc4c(c3)OCO4)cc2)cc1. The number of fused-ring (bicyclic) bond motifs is 1. The first-order valence-electron chi connectivity index (χ1n) is 9.55. The van der Waals surface area contributed by atoms with Crippen LogP contribution in [0.25, 0.3) is 5.69 Å². The van der Waals surface area contributed by atoms with Gasteiger partial charge in [-0.1, -0.05) is 41.5 Å². The van der Waals surface area contributed by atoms with Gasteiger partial charge in [-0.25, -0.2) is 0 Å². The minimum atomic E-state index is 0.290. The van der Waals surface area contributed by atoms with E-state index in [-0.39, 0.29) is 0 Å². The maximum atomic E-state index is 5.86. The molecule has 30 heavy (non-hydrogen) atoms. The van der Waals surface area contributed by atoms with Gasteiger partial charge < -0.3 is 19.5 Å². The first-order valence-corrected chi connectivity index (χ1v) is 9.55. The van der Waals surface area contributed by atoms with Crippen LogP contribution in [0, 0.1) is 0 Å². The molecule has 0 atom stereocenters. The molecule has 1 aliphatic rings. The summed E-state index contributed by atoms with van der Waals surface area (Å²) in [6.45, 7) is 1.76. The number of ether oxygens (including phenoxy) is 3. The molecule has 2 heterocycles. The lowest BCUT2D eigenvalue weighted by molar-refractivity contribution is 0.174. The third-order valence-corrected chi connectivity index (χ3v) is 4.67. The van der Waals surface area contributed by atoms with Gasteiger partial charge in [0.2, 0.25) is 6.79 Å². The molecule has 8 nitrogen and oxygen atoms in total. The zero-order valence-corrected chi connectivity index (χ0v) is 16.1. The number of benzene rings is 3. The van der Waals surface area contributed by atoms with Gasteiger partial charge in [-0.2, -0.15) is 4.68 Å². The van der Waals surface area contributed by atoms with Crippen LogP contribution < -0.4 is 19.5 Å². The minimum Gasteiger partial charge on any atom is -0.454 e. The van der Waals surface area contributed by atoms with Crippen LogP contribution in [-0.4, -0.2) is 27.0 Å². The fourth-order valence-electron chi connectivity index (χ4n) is 3.16. The third kappa shape index (κ3) is 3.94. The highest BCUT2D eigenvalue weighted by molar-refractivity contribution is 5.44. The first kappa shape index (κ1) is 18.1. The molecule has 3 aromatic carbocycles. The maximum absolute atomic E-state index is 5.86. The van der Waals surface area contributed by atoms with E-state index in [1.165, 1.54) is 0 Å². The van der Waals surface area contributed by atoms with Crippen LogP contribution in [0.3, 0.4) is 0 Å². The van der Waals surface area contributed by atoms with Crippen molar-refractivity contribution in [1.29, 1.82) is 0 Å². The molecule has 0 fully saturated rings. The van der Waals surface area contributed by atoms with Crippen LogP contribution in [0.15, 0.2) is 72.8 Å². The number of nitrogens with one attached hydrogen (secondary N) is 1. The summed E-state index contributed by atoms with van der Waals surface area (Å²) in [4.78, 5) is 0. The van der Waals surface area contributed by atoms with Crippen molar-refractivity contribution in [3.8, 4) is 28.9 Å². The highest BCUT2D eigenvalue weighted by atomic mass is 16.7. The van der Waals surface area contributed by atoms with Gasteiger partial charge in [0.05, 0.1) is 5.69 Å². The molecule has 150 valence electrons. The Balaban J connectivity index is 1.18. The van der Waals surface area contributed by atoms with E-state index in [0.29, 0.717) is 18.6 Å². The minimum absolute atomic E-state index is 0.290. The van der Waals surface area contributed by atoms with Crippen molar-refractivity contribution in [2.45, 2.75) is 13.1 Å². The van der Waals surface area contributed by atoms with Crippen LogP contribution >= 0.6 is 0 Å². The molecule has 0 bridgehead atoms. The van der Waals surface area contributed by atoms with Crippen LogP contribution in [0.2, 0.25) is 0 Å². The number of para-hydroxylation sites is 1. The Bertz CT molecular complexity index is 1130. The van der Waals surface area contributed by atoms with E-state index in [0.717, 1.165) is 41.4 Å². The molecule has 0 unspecified atom stereocenters. The van der Waals surface area contributed by atoms with Gasteiger partial charge in [-0.05, 0) is 58.0 Å². The molecule has 0 saturated carbocycles. The molecule has 0 spiro atoms. The van der Waals surface area contributed by atoms with Crippen molar-refractivity contribution in [3.05, 3.63) is 83.9 Å². The molecule has 1 aromatic heterocycles. The van der Waals surface area contributed by atoms with E-state index >= 15 is 0 Å². The predicted octanol–water partition coefficient (Wildman–Crippen LogP) is 3.47. The molecule has 0 saturated heterocycles. The molecule has 5 rings (SSSR count). The van der Waals surface area contributed by atoms with Gasteiger partial charge in [0.15, 0.2) is 11.5 Å². The first-order chi connectivity index (χ1) is 14.8. The average Bonchev–Trinajstić information content (AvgIpc) is 3.45. The van der Waals surface area contributed by atoms with Crippen LogP contribution in [-0.2, 0) is 13.1 Å². The van der Waals surface area contributed by atoms with Gasteiger partial charge in [-0.15, -0.1) is 0 Å². The fourth-order valence-corrected chi connectivity index (χ4v) is 3.16. The van der Waals surface area contributed by atoms with Crippen LogP contribution in [0.4, 0.5) is 0 Å². The Labute approximate surface area is 173 Å². The Kier molecular flexibility index (Phi) is 4.97. The zero-order chi connectivity index (χ0) is 20.2. The number of nitrogens with zero attached hydrogens (tertiary/aromatic N) is 4. The van der Waals surface area contributed by atoms with Crippen molar-refractivity contribution in [2.75, 3.05) is 6.79 Å². The Morgan fingerprint density at radius 3 is 2.50 bits per heavy atom. The summed E-state index contributed by atoms with van der Waals surface area (Å²) in [5.74, 6) is 2.27. The molecule has 0 radical (unpaired) electrons. The van der Waals surface area contributed by atoms with Crippen molar-refractivity contribution in [3.63, 3.8) is 0 Å². The summed E-state index contributed by atoms with van der Waals surface area (Å²) in [5.41, 5.74) is 3.12. The summed E-state index contributed by atoms with van der Waals surface area (Å²) in [7, 11) is 0. The highest BCUT2D eigenvalue weighted by Crippen LogP contribution is 2.32. The topological polar surface area (TPSA) is 83.3 Å². The monoisotopic (exact) mass is 401 g/mol. The molecule has 4 aromatic rings. The fraction of sp³-hybridized carbons (Fsp3) is 0.136. The largest absolute Gasteiger partial charge is 0.454 e. The Morgan fingerprint density at radius 2 is 1.63 bits per heavy atom. The smallest absolute Gasteiger partial charge is 0.345 e. The number of aromatic nitrogens is 4. The molecule has 0 amide bonds. The van der Waals surface area contributed by atoms with E-state index in [1.54, 1.807) is 4.68 Å². The van der Waals surface area contributed by atoms with Gasteiger partial charge in [-0.3, -0.25) is 0 Å². The van der Waals surface area contributed by atoms with Crippen molar-refractivity contribution >= 4 is 0 Å². The van der Waals surface area contributed by atoms with E-state index in [2.05, 4.69) is 20.8 Å². The van der Waals surface area contributed by atoms with Gasteiger partial charge in [0.1, 0.15) is 5.75 Å². The van der Waals surface area contributed by atoms with Crippen LogP contribution in [0.1, 0.15) is 11.1 Å². The van der Waals surface area contributed by atoms with Crippen molar-refractivity contribution in [2.24, 2.45) is 0 Å². The third-order valence-electron chi connectivity index (χ3n) is 4.67. The lowest BCUT2D eigenvalue weighted by Crippen LogP contribution is -2.12. The summed E-state index contributed by atoms with van der Waals surface area (Å²) in [6.07, 6.45) is 0. The lowest BCUT2D eigenvalue weighted by Gasteiger charge is -2.08. The molecule has 1 N–H and O–H groups in total. The van der Waals surface area contributed by atoms with E-state index in [4.69, 9.17) is 14.2 Å². The second kappa shape index (κ2) is 8.22. The normalized spacial score (nSPS) is 12.1. The molecular weight excluding hydrogens is 382 g/mol. The van der Waals surface area contributed by atoms with Crippen molar-refractivity contribution in [1.82, 2.24) is 25.5 Å². The lowest BCUT2D eigenvalue weighted by atomic mass is 10.2. The number of hydrogen-bond donors (Lipinski definition) is 1. The second-order valence-corrected chi connectivity index (χ2v) is 6.75. The zero-order valence-electron chi connectivity index (χ0n) is 16.1. The van der Waals surface area contributed by atoms with Gasteiger partial charge in [0.25, 0.3) is 0 Å². The van der Waals surface area contributed by atoms with E-state index in [9.17, 15) is 0 Å². The highest BCUT2D eigenvalue weighted by Gasteiger charge is 2.13. The predicted molar refractivity (Wildman–Crippen MR) is 109 cm³/mol. The van der Waals surface area contributed by atoms with Gasteiger partial charge >= 0.3 is 6.01 Å². The number of rotatable bonds is 7. The van der Waals surface area contributed by atoms with Crippen molar-refractivity contribution < 1.29 is 14.2 Å². The molecule has 0 aliphatic carbocycles. The van der Waals surface area contributed by atoms with Gasteiger partial charge in [0, 0.05) is 13.1 Å². The molecular formula is C22H19N5O3. The summed E-state index contributed by atoms with van der Waals surface area (Å²) >= 11 is 0. The Hall–Kier alpha value is -3.91.